The number of aliphatic hydroxyl groups excluding tert-OH is 1. The lowest BCUT2D eigenvalue weighted by Crippen LogP contribution is -2.37. The average molecular weight is 237 g/mol. The average Bonchev–Trinajstić information content (AvgIpc) is 2.38. The number of anilines is 1. The number of aliphatic hydroxyl groups is 1. The van der Waals surface area contributed by atoms with Gasteiger partial charge >= 0.3 is 0 Å². The van der Waals surface area contributed by atoms with Gasteiger partial charge in [0.2, 0.25) is 0 Å². The molecule has 0 spiro atoms. The van der Waals surface area contributed by atoms with Gasteiger partial charge in [-0.2, -0.15) is 0 Å². The van der Waals surface area contributed by atoms with E-state index in [2.05, 4.69) is 0 Å². The highest BCUT2D eigenvalue weighted by Gasteiger charge is 2.21. The number of hydrogen-bond donors (Lipinski definition) is 1. The molecular formula is C13H16FNO2. The summed E-state index contributed by atoms with van der Waals surface area (Å²) < 4.78 is 13.0. The standard InChI is InChI=1S/C13H16FNO2/c14-12-3-4-13(11(6-12)9-17)15-5-1-2-10(7-15)8-16/h3-4,6,9-10,16H,1-2,5,7-8H2. The zero-order chi connectivity index (χ0) is 12.3. The topological polar surface area (TPSA) is 40.5 Å². The predicted molar refractivity (Wildman–Crippen MR) is 63.8 cm³/mol. The lowest BCUT2D eigenvalue weighted by atomic mass is 9.98. The molecule has 1 atom stereocenters. The molecule has 1 aromatic carbocycles. The van der Waals surface area contributed by atoms with Crippen LogP contribution in [-0.4, -0.2) is 31.1 Å². The maximum atomic E-state index is 13.0. The smallest absolute Gasteiger partial charge is 0.152 e. The molecule has 1 saturated heterocycles. The number of nitrogens with zero attached hydrogens (tertiary/aromatic N) is 1. The van der Waals surface area contributed by atoms with Crippen molar-refractivity contribution in [3.05, 3.63) is 29.6 Å². The van der Waals surface area contributed by atoms with Gasteiger partial charge in [-0.25, -0.2) is 4.39 Å². The van der Waals surface area contributed by atoms with E-state index in [1.54, 1.807) is 6.07 Å². The van der Waals surface area contributed by atoms with Gasteiger partial charge in [0.05, 0.1) is 0 Å². The highest BCUT2D eigenvalue weighted by Crippen LogP contribution is 2.26. The first-order valence-electron chi connectivity index (χ1n) is 5.85. The number of aldehydes is 1. The van der Waals surface area contributed by atoms with Gasteiger partial charge in [0.15, 0.2) is 6.29 Å². The van der Waals surface area contributed by atoms with Crippen LogP contribution in [0.1, 0.15) is 23.2 Å². The van der Waals surface area contributed by atoms with Crippen LogP contribution in [0.3, 0.4) is 0 Å². The van der Waals surface area contributed by atoms with Gasteiger partial charge in [0.25, 0.3) is 0 Å². The Morgan fingerprint density at radius 3 is 3.06 bits per heavy atom. The quantitative estimate of drug-likeness (QED) is 0.816. The first-order valence-corrected chi connectivity index (χ1v) is 5.85. The number of carbonyl (C=O) groups excluding carboxylic acids is 1. The monoisotopic (exact) mass is 237 g/mol. The van der Waals surface area contributed by atoms with E-state index in [1.807, 2.05) is 4.90 Å². The van der Waals surface area contributed by atoms with Crippen LogP contribution in [0.2, 0.25) is 0 Å². The third-order valence-corrected chi connectivity index (χ3v) is 3.23. The number of halogens is 1. The lowest BCUT2D eigenvalue weighted by Gasteiger charge is -2.34. The molecule has 1 N–H and O–H groups in total. The second kappa shape index (κ2) is 5.27. The zero-order valence-corrected chi connectivity index (χ0v) is 9.60. The first-order chi connectivity index (χ1) is 8.24. The molecule has 1 aliphatic rings. The number of piperidine rings is 1. The van der Waals surface area contributed by atoms with Crippen molar-refractivity contribution in [2.45, 2.75) is 12.8 Å². The predicted octanol–water partition coefficient (Wildman–Crippen LogP) is 1.85. The van der Waals surface area contributed by atoms with Gasteiger partial charge in [-0.3, -0.25) is 4.79 Å². The molecule has 0 aromatic heterocycles. The highest BCUT2D eigenvalue weighted by molar-refractivity contribution is 5.84. The van der Waals surface area contributed by atoms with E-state index >= 15 is 0 Å². The van der Waals surface area contributed by atoms with Crippen molar-refractivity contribution < 1.29 is 14.3 Å². The first kappa shape index (κ1) is 12.0. The number of hydrogen-bond acceptors (Lipinski definition) is 3. The van der Waals surface area contributed by atoms with E-state index in [4.69, 9.17) is 0 Å². The van der Waals surface area contributed by atoms with E-state index in [0.29, 0.717) is 11.8 Å². The van der Waals surface area contributed by atoms with Crippen LogP contribution in [0.4, 0.5) is 10.1 Å². The molecule has 0 bridgehead atoms. The van der Waals surface area contributed by atoms with E-state index < -0.39 is 5.82 Å². The molecule has 92 valence electrons. The molecular weight excluding hydrogens is 221 g/mol. The molecule has 1 aromatic rings. The lowest BCUT2D eigenvalue weighted by molar-refractivity contribution is 0.112. The van der Waals surface area contributed by atoms with E-state index in [-0.39, 0.29) is 12.5 Å². The third kappa shape index (κ3) is 2.64. The molecule has 1 aliphatic heterocycles. The minimum atomic E-state index is -0.397. The normalized spacial score (nSPS) is 20.4. The minimum absolute atomic E-state index is 0.161. The van der Waals surface area contributed by atoms with Crippen molar-refractivity contribution in [2.75, 3.05) is 24.6 Å². The van der Waals surface area contributed by atoms with Crippen LogP contribution in [0.25, 0.3) is 0 Å². The molecule has 3 nitrogen and oxygen atoms in total. The maximum Gasteiger partial charge on any atom is 0.152 e. The molecule has 0 amide bonds. The largest absolute Gasteiger partial charge is 0.396 e. The summed E-state index contributed by atoms with van der Waals surface area (Å²) in [5.41, 5.74) is 1.14. The molecule has 4 heteroatoms. The fourth-order valence-corrected chi connectivity index (χ4v) is 2.34. The molecule has 1 heterocycles. The van der Waals surface area contributed by atoms with Gasteiger partial charge in [-0.1, -0.05) is 0 Å². The van der Waals surface area contributed by atoms with Crippen LogP contribution in [0.5, 0.6) is 0 Å². The Morgan fingerprint density at radius 1 is 1.53 bits per heavy atom. The van der Waals surface area contributed by atoms with Gasteiger partial charge in [0, 0.05) is 30.9 Å². The Balaban J connectivity index is 2.23. The second-order valence-electron chi connectivity index (χ2n) is 4.46. The van der Waals surface area contributed by atoms with Crippen LogP contribution in [0, 0.1) is 11.7 Å². The Hall–Kier alpha value is -1.42. The Kier molecular flexibility index (Phi) is 3.74. The second-order valence-corrected chi connectivity index (χ2v) is 4.46. The van der Waals surface area contributed by atoms with Crippen molar-refractivity contribution >= 4 is 12.0 Å². The van der Waals surface area contributed by atoms with Crippen molar-refractivity contribution in [3.63, 3.8) is 0 Å². The van der Waals surface area contributed by atoms with E-state index in [1.165, 1.54) is 12.1 Å². The van der Waals surface area contributed by atoms with E-state index in [9.17, 15) is 14.3 Å². The molecule has 0 aliphatic carbocycles. The molecule has 0 saturated carbocycles. The molecule has 2 rings (SSSR count). The summed E-state index contributed by atoms with van der Waals surface area (Å²) in [6, 6.07) is 4.26. The number of benzene rings is 1. The maximum absolute atomic E-state index is 13.0. The molecule has 1 fully saturated rings. The highest BCUT2D eigenvalue weighted by atomic mass is 19.1. The van der Waals surface area contributed by atoms with Gasteiger partial charge in [0.1, 0.15) is 5.82 Å². The summed E-state index contributed by atoms with van der Waals surface area (Å²) in [6.07, 6.45) is 2.67. The van der Waals surface area contributed by atoms with Crippen LogP contribution in [-0.2, 0) is 0 Å². The Labute approximate surface area is 99.9 Å². The number of rotatable bonds is 3. The van der Waals surface area contributed by atoms with Crippen LogP contribution >= 0.6 is 0 Å². The van der Waals surface area contributed by atoms with Crippen molar-refractivity contribution in [3.8, 4) is 0 Å². The fourth-order valence-electron chi connectivity index (χ4n) is 2.34. The van der Waals surface area contributed by atoms with Crippen molar-refractivity contribution in [2.24, 2.45) is 5.92 Å². The van der Waals surface area contributed by atoms with Crippen molar-refractivity contribution in [1.29, 1.82) is 0 Å². The molecule has 0 radical (unpaired) electrons. The van der Waals surface area contributed by atoms with Gasteiger partial charge < -0.3 is 10.0 Å². The van der Waals surface area contributed by atoms with Gasteiger partial charge in [-0.05, 0) is 37.0 Å². The van der Waals surface area contributed by atoms with Crippen LogP contribution < -0.4 is 4.90 Å². The van der Waals surface area contributed by atoms with Crippen LogP contribution in [0.15, 0.2) is 18.2 Å². The van der Waals surface area contributed by atoms with Gasteiger partial charge in [-0.15, -0.1) is 0 Å². The SMILES string of the molecule is O=Cc1cc(F)ccc1N1CCCC(CO)C1. The fraction of sp³-hybridized carbons (Fsp3) is 0.462. The molecule has 17 heavy (non-hydrogen) atoms. The summed E-state index contributed by atoms with van der Waals surface area (Å²) in [6.45, 7) is 1.74. The van der Waals surface area contributed by atoms with E-state index in [0.717, 1.165) is 31.6 Å². The Morgan fingerprint density at radius 2 is 2.35 bits per heavy atom. The summed E-state index contributed by atoms with van der Waals surface area (Å²) in [7, 11) is 0. The summed E-state index contributed by atoms with van der Waals surface area (Å²) in [4.78, 5) is 13.0. The zero-order valence-electron chi connectivity index (χ0n) is 9.60. The Bertz CT molecular complexity index is 408. The molecule has 1 unspecified atom stereocenters. The number of carbonyl (C=O) groups is 1. The summed E-state index contributed by atoms with van der Waals surface area (Å²) in [5.74, 6) is -0.153. The van der Waals surface area contributed by atoms with Crippen molar-refractivity contribution in [1.82, 2.24) is 0 Å². The third-order valence-electron chi connectivity index (χ3n) is 3.23. The minimum Gasteiger partial charge on any atom is -0.396 e. The summed E-state index contributed by atoms with van der Waals surface area (Å²) >= 11 is 0. The summed E-state index contributed by atoms with van der Waals surface area (Å²) in [5, 5.41) is 9.17.